The first-order valence-electron chi connectivity index (χ1n) is 5.64. The lowest BCUT2D eigenvalue weighted by atomic mass is 10.2. The fraction of sp³-hybridized carbons (Fsp3) is 0.417. The number of rotatable bonds is 1. The van der Waals surface area contributed by atoms with E-state index in [2.05, 4.69) is 40.7 Å². The maximum absolute atomic E-state index is 9.88. The second kappa shape index (κ2) is 3.71. The Balaban J connectivity index is 2.22. The largest absolute Gasteiger partial charge is 0.385 e. The fourth-order valence-corrected chi connectivity index (χ4v) is 3.54. The van der Waals surface area contributed by atoms with Gasteiger partial charge >= 0.3 is 5.13 Å². The van der Waals surface area contributed by atoms with Crippen LogP contribution in [0.25, 0.3) is 10.2 Å². The Kier molecular flexibility index (Phi) is 2.33. The number of anilines is 1. The van der Waals surface area contributed by atoms with Crippen LogP contribution in [0.3, 0.4) is 0 Å². The average Bonchev–Trinajstić information content (AvgIpc) is 2.67. The van der Waals surface area contributed by atoms with Gasteiger partial charge in [0.25, 0.3) is 0 Å². The van der Waals surface area contributed by atoms with Gasteiger partial charge in [-0.05, 0) is 30.4 Å². The van der Waals surface area contributed by atoms with Crippen molar-refractivity contribution < 1.29 is 9.67 Å². The van der Waals surface area contributed by atoms with E-state index >= 15 is 0 Å². The third-order valence-corrected chi connectivity index (χ3v) is 4.29. The number of fused-ring (bicyclic) bond motifs is 3. The number of para-hydroxylation sites is 1. The highest BCUT2D eigenvalue weighted by molar-refractivity contribution is 7.21. The minimum atomic E-state index is -0.254. The van der Waals surface area contributed by atoms with Gasteiger partial charge in [0.1, 0.15) is 24.7 Å². The third kappa shape index (κ3) is 1.41. The topological polar surface area (TPSA) is 27.3 Å². The smallest absolute Gasteiger partial charge is 0.337 e. The van der Waals surface area contributed by atoms with Crippen molar-refractivity contribution in [2.75, 3.05) is 18.0 Å². The van der Waals surface area contributed by atoms with Gasteiger partial charge in [0.05, 0.1) is 11.2 Å². The molecule has 0 saturated heterocycles. The fourth-order valence-electron chi connectivity index (χ4n) is 2.30. The Bertz CT molecular complexity index is 523. The second-order valence-corrected chi connectivity index (χ2v) is 5.16. The summed E-state index contributed by atoms with van der Waals surface area (Å²) in [5, 5.41) is 11.1. The number of aliphatic hydroxyl groups is 1. The standard InChI is InChI=1S/C12H15N2OS/c1-2-13-7-9(15)8-14-10-5-3-4-6-11(10)16-12(13)14/h3-6,9,15H,2,7-8H2,1H3/q+1/t9-/m1/s1. The van der Waals surface area contributed by atoms with Gasteiger partial charge < -0.3 is 5.11 Å². The van der Waals surface area contributed by atoms with E-state index in [0.29, 0.717) is 0 Å². The molecule has 0 unspecified atom stereocenters. The maximum atomic E-state index is 9.88. The molecule has 1 aromatic heterocycles. The Morgan fingerprint density at radius 2 is 2.31 bits per heavy atom. The van der Waals surface area contributed by atoms with Gasteiger partial charge in [0.2, 0.25) is 0 Å². The summed E-state index contributed by atoms with van der Waals surface area (Å²) in [6.07, 6.45) is -0.254. The summed E-state index contributed by atoms with van der Waals surface area (Å²) in [7, 11) is 0. The number of aliphatic hydroxyl groups excluding tert-OH is 1. The molecular formula is C12H15N2OS+. The monoisotopic (exact) mass is 235 g/mol. The molecule has 2 aromatic rings. The molecule has 1 atom stereocenters. The summed E-state index contributed by atoms with van der Waals surface area (Å²) in [6, 6.07) is 8.39. The number of thiazole rings is 1. The van der Waals surface area contributed by atoms with Crippen LogP contribution in [0.15, 0.2) is 24.3 Å². The predicted molar refractivity (Wildman–Crippen MR) is 65.9 cm³/mol. The SMILES string of the molecule is CCN1C[C@@H](O)C[n+]2c1sc1ccccc12. The molecule has 1 aliphatic heterocycles. The zero-order valence-electron chi connectivity index (χ0n) is 9.26. The Hall–Kier alpha value is -1.13. The molecule has 0 fully saturated rings. The van der Waals surface area contributed by atoms with Gasteiger partial charge in [-0.25, -0.2) is 9.47 Å². The van der Waals surface area contributed by atoms with Crippen molar-refractivity contribution in [2.24, 2.45) is 0 Å². The van der Waals surface area contributed by atoms with E-state index in [1.165, 1.54) is 15.3 Å². The van der Waals surface area contributed by atoms with Crippen molar-refractivity contribution in [3.63, 3.8) is 0 Å². The van der Waals surface area contributed by atoms with Crippen LogP contribution in [-0.4, -0.2) is 24.3 Å². The summed E-state index contributed by atoms with van der Waals surface area (Å²) < 4.78 is 3.53. The molecule has 0 saturated carbocycles. The molecule has 0 aliphatic carbocycles. The quantitative estimate of drug-likeness (QED) is 0.756. The molecule has 4 heteroatoms. The molecule has 3 nitrogen and oxygen atoms in total. The number of hydrogen-bond donors (Lipinski definition) is 1. The van der Waals surface area contributed by atoms with Gasteiger partial charge in [-0.3, -0.25) is 0 Å². The Morgan fingerprint density at radius 3 is 3.12 bits per heavy atom. The molecule has 1 aromatic carbocycles. The van der Waals surface area contributed by atoms with E-state index < -0.39 is 0 Å². The Labute approximate surface area is 98.6 Å². The van der Waals surface area contributed by atoms with E-state index in [4.69, 9.17) is 0 Å². The van der Waals surface area contributed by atoms with Crippen molar-refractivity contribution in [2.45, 2.75) is 19.6 Å². The van der Waals surface area contributed by atoms with Gasteiger partial charge in [-0.1, -0.05) is 12.1 Å². The summed E-state index contributed by atoms with van der Waals surface area (Å²) >= 11 is 1.81. The zero-order valence-corrected chi connectivity index (χ0v) is 10.1. The first-order chi connectivity index (χ1) is 7.79. The molecular weight excluding hydrogens is 220 g/mol. The second-order valence-electron chi connectivity index (χ2n) is 4.16. The number of benzene rings is 1. The highest BCUT2D eigenvalue weighted by atomic mass is 32.1. The van der Waals surface area contributed by atoms with Crippen LogP contribution in [0, 0.1) is 0 Å². The number of nitrogens with zero attached hydrogens (tertiary/aromatic N) is 2. The number of likely N-dealkylation sites (N-methyl/N-ethyl adjacent to an activating group) is 1. The van der Waals surface area contributed by atoms with Crippen molar-refractivity contribution in [3.8, 4) is 0 Å². The van der Waals surface area contributed by atoms with Crippen molar-refractivity contribution in [3.05, 3.63) is 24.3 Å². The van der Waals surface area contributed by atoms with Crippen LogP contribution < -0.4 is 9.47 Å². The van der Waals surface area contributed by atoms with Crippen molar-refractivity contribution >= 4 is 26.7 Å². The first kappa shape index (κ1) is 10.1. The number of hydrogen-bond acceptors (Lipinski definition) is 3. The van der Waals surface area contributed by atoms with Gasteiger partial charge in [-0.15, -0.1) is 0 Å². The molecule has 3 rings (SSSR count). The van der Waals surface area contributed by atoms with E-state index in [-0.39, 0.29) is 6.10 Å². The van der Waals surface area contributed by atoms with Crippen LogP contribution in [0.4, 0.5) is 5.13 Å². The first-order valence-corrected chi connectivity index (χ1v) is 6.45. The lowest BCUT2D eigenvalue weighted by molar-refractivity contribution is -0.667. The summed E-state index contributed by atoms with van der Waals surface area (Å²) in [6.45, 7) is 4.55. The number of aromatic nitrogens is 1. The lowest BCUT2D eigenvalue weighted by Gasteiger charge is -2.23. The van der Waals surface area contributed by atoms with Crippen molar-refractivity contribution in [1.82, 2.24) is 0 Å². The van der Waals surface area contributed by atoms with Crippen LogP contribution in [0.1, 0.15) is 6.92 Å². The molecule has 84 valence electrons. The normalized spacial score (nSPS) is 20.1. The zero-order chi connectivity index (χ0) is 11.1. The molecule has 0 bridgehead atoms. The summed E-state index contributed by atoms with van der Waals surface area (Å²) in [4.78, 5) is 2.25. The maximum Gasteiger partial charge on any atom is 0.337 e. The molecule has 1 N–H and O–H groups in total. The van der Waals surface area contributed by atoms with Crippen LogP contribution in [0.5, 0.6) is 0 Å². The highest BCUT2D eigenvalue weighted by Crippen LogP contribution is 2.29. The lowest BCUT2D eigenvalue weighted by Crippen LogP contribution is -2.53. The van der Waals surface area contributed by atoms with E-state index in [0.717, 1.165) is 19.6 Å². The van der Waals surface area contributed by atoms with Crippen molar-refractivity contribution in [1.29, 1.82) is 0 Å². The van der Waals surface area contributed by atoms with Gasteiger partial charge in [0.15, 0.2) is 0 Å². The highest BCUT2D eigenvalue weighted by Gasteiger charge is 2.32. The van der Waals surface area contributed by atoms with E-state index in [9.17, 15) is 5.11 Å². The molecule has 0 amide bonds. The van der Waals surface area contributed by atoms with Crippen LogP contribution in [0.2, 0.25) is 0 Å². The summed E-state index contributed by atoms with van der Waals surface area (Å²) in [5.41, 5.74) is 1.24. The van der Waals surface area contributed by atoms with Crippen LogP contribution in [-0.2, 0) is 6.54 Å². The van der Waals surface area contributed by atoms with E-state index in [1.807, 2.05) is 11.3 Å². The average molecular weight is 235 g/mol. The molecule has 2 heterocycles. The van der Waals surface area contributed by atoms with E-state index in [1.54, 1.807) is 0 Å². The predicted octanol–water partition coefficient (Wildman–Crippen LogP) is 1.39. The van der Waals surface area contributed by atoms with Gasteiger partial charge in [-0.2, -0.15) is 0 Å². The third-order valence-electron chi connectivity index (χ3n) is 3.06. The summed E-state index contributed by atoms with van der Waals surface area (Å²) in [5.74, 6) is 0. The molecule has 0 spiro atoms. The molecule has 1 aliphatic rings. The Morgan fingerprint density at radius 1 is 1.50 bits per heavy atom. The van der Waals surface area contributed by atoms with Crippen LogP contribution >= 0.6 is 11.3 Å². The minimum Gasteiger partial charge on any atom is -0.385 e. The molecule has 16 heavy (non-hydrogen) atoms. The minimum absolute atomic E-state index is 0.254. The molecule has 0 radical (unpaired) electrons. The number of β-amino-alcohol motifs (C(OH)–C–C–N with tert-alkyl or cyclic N) is 1. The van der Waals surface area contributed by atoms with Gasteiger partial charge in [0, 0.05) is 0 Å².